The van der Waals surface area contributed by atoms with Gasteiger partial charge >= 0.3 is 33.5 Å². The number of alkyl halides is 8. The SMILES string of the molecule is O=S(=O)(O)C(F)(F)C(F)(F)OC(F)(F)C(F)(F)CCC1CC2C=CC1C2. The number of halogens is 8. The van der Waals surface area contributed by atoms with Gasteiger partial charge < -0.3 is 0 Å². The lowest BCUT2D eigenvalue weighted by Crippen LogP contribution is -2.55. The third-order valence-corrected chi connectivity index (χ3v) is 5.48. The van der Waals surface area contributed by atoms with E-state index < -0.39 is 46.4 Å². The second-order valence-corrected chi connectivity index (χ2v) is 7.87. The predicted octanol–water partition coefficient (Wildman–Crippen LogP) is 4.30. The monoisotopic (exact) mass is 418 g/mol. The summed E-state index contributed by atoms with van der Waals surface area (Å²) in [6, 6.07) is 0. The molecule has 1 N–H and O–H groups in total. The standard InChI is InChI=1S/C13H14F8O4S/c14-10(15,4-3-9-6-7-1-2-8(9)5-7)11(16,17)25-12(18,19)13(20,21)26(22,23)24/h1-2,7-9H,3-6H2,(H,22,23,24). The average Bonchev–Trinajstić information content (AvgIpc) is 3.04. The maximum absolute atomic E-state index is 13.6. The first-order valence-electron chi connectivity index (χ1n) is 7.37. The molecule has 152 valence electrons. The van der Waals surface area contributed by atoms with Crippen LogP contribution in [0.4, 0.5) is 35.1 Å². The van der Waals surface area contributed by atoms with Gasteiger partial charge in [-0.1, -0.05) is 12.2 Å². The zero-order valence-electron chi connectivity index (χ0n) is 12.8. The molecule has 0 aromatic heterocycles. The summed E-state index contributed by atoms with van der Waals surface area (Å²) in [5.41, 5.74) is 0. The molecule has 0 spiro atoms. The fourth-order valence-corrected chi connectivity index (χ4v) is 3.53. The highest BCUT2D eigenvalue weighted by molar-refractivity contribution is 7.86. The predicted molar refractivity (Wildman–Crippen MR) is 70.5 cm³/mol. The summed E-state index contributed by atoms with van der Waals surface area (Å²) in [6.45, 7) is 0. The quantitative estimate of drug-likeness (QED) is 0.363. The van der Waals surface area contributed by atoms with Crippen LogP contribution in [-0.4, -0.2) is 36.4 Å². The Morgan fingerprint density at radius 3 is 1.96 bits per heavy atom. The topological polar surface area (TPSA) is 63.6 Å². The minimum Gasteiger partial charge on any atom is -0.281 e. The Morgan fingerprint density at radius 2 is 1.54 bits per heavy atom. The Hall–Kier alpha value is -0.950. The second kappa shape index (κ2) is 6.30. The Balaban J connectivity index is 2.08. The van der Waals surface area contributed by atoms with E-state index in [1.807, 2.05) is 6.08 Å². The van der Waals surface area contributed by atoms with Crippen molar-refractivity contribution < 1.29 is 52.8 Å². The van der Waals surface area contributed by atoms with Crippen molar-refractivity contribution in [2.24, 2.45) is 17.8 Å². The summed E-state index contributed by atoms with van der Waals surface area (Å²) in [6.07, 6.45) is -10.1. The van der Waals surface area contributed by atoms with Crippen molar-refractivity contribution in [3.63, 3.8) is 0 Å². The van der Waals surface area contributed by atoms with E-state index in [0.29, 0.717) is 12.8 Å². The van der Waals surface area contributed by atoms with Crippen LogP contribution in [0, 0.1) is 17.8 Å². The highest BCUT2D eigenvalue weighted by Gasteiger charge is 2.73. The summed E-state index contributed by atoms with van der Waals surface area (Å²) in [7, 11) is -6.90. The van der Waals surface area contributed by atoms with Crippen LogP contribution in [0.25, 0.3) is 0 Å². The van der Waals surface area contributed by atoms with Gasteiger partial charge in [0.25, 0.3) is 0 Å². The summed E-state index contributed by atoms with van der Waals surface area (Å²) in [5, 5.41) is -6.55. The van der Waals surface area contributed by atoms with E-state index in [-0.39, 0.29) is 17.8 Å². The van der Waals surface area contributed by atoms with Crippen LogP contribution in [0.15, 0.2) is 12.2 Å². The number of rotatable bonds is 8. The fourth-order valence-electron chi connectivity index (χ4n) is 3.18. The molecule has 0 aromatic rings. The first kappa shape index (κ1) is 21.4. The average molecular weight is 418 g/mol. The summed E-state index contributed by atoms with van der Waals surface area (Å²) in [4.78, 5) is 0. The van der Waals surface area contributed by atoms with Crippen molar-refractivity contribution in [2.75, 3.05) is 0 Å². The lowest BCUT2D eigenvalue weighted by atomic mass is 9.88. The van der Waals surface area contributed by atoms with Gasteiger partial charge in [-0.05, 0) is 37.0 Å². The molecule has 1 fully saturated rings. The number of allylic oxidation sites excluding steroid dienone is 2. The minimum absolute atomic E-state index is 0.101. The highest BCUT2D eigenvalue weighted by atomic mass is 32.2. The van der Waals surface area contributed by atoms with Gasteiger partial charge in [-0.25, -0.2) is 4.74 Å². The largest absolute Gasteiger partial charge is 0.460 e. The minimum atomic E-state index is -6.90. The molecule has 2 bridgehead atoms. The van der Waals surface area contributed by atoms with Crippen LogP contribution >= 0.6 is 0 Å². The molecule has 2 rings (SSSR count). The molecule has 26 heavy (non-hydrogen) atoms. The Bertz CT molecular complexity index is 676. The van der Waals surface area contributed by atoms with E-state index in [0.717, 1.165) is 0 Å². The van der Waals surface area contributed by atoms with E-state index >= 15 is 0 Å². The molecule has 3 unspecified atom stereocenters. The van der Waals surface area contributed by atoms with Crippen LogP contribution in [-0.2, 0) is 14.9 Å². The summed E-state index contributed by atoms with van der Waals surface area (Å²) >= 11 is 0. The second-order valence-electron chi connectivity index (χ2n) is 6.41. The molecular weight excluding hydrogens is 404 g/mol. The van der Waals surface area contributed by atoms with E-state index in [4.69, 9.17) is 4.55 Å². The molecule has 0 saturated heterocycles. The molecule has 13 heteroatoms. The molecule has 0 aromatic carbocycles. The van der Waals surface area contributed by atoms with Gasteiger partial charge in [0.2, 0.25) is 0 Å². The molecule has 2 aliphatic carbocycles. The molecule has 3 atom stereocenters. The van der Waals surface area contributed by atoms with Crippen molar-refractivity contribution in [3.8, 4) is 0 Å². The third-order valence-electron chi connectivity index (χ3n) is 4.59. The number of hydrogen-bond acceptors (Lipinski definition) is 3. The van der Waals surface area contributed by atoms with Gasteiger partial charge in [-0.3, -0.25) is 4.55 Å². The van der Waals surface area contributed by atoms with Crippen molar-refractivity contribution in [1.29, 1.82) is 0 Å². The fraction of sp³-hybridized carbons (Fsp3) is 0.846. The number of hydrogen-bond donors (Lipinski definition) is 1. The highest BCUT2D eigenvalue weighted by Crippen LogP contribution is 2.50. The Kier molecular flexibility index (Phi) is 5.17. The van der Waals surface area contributed by atoms with Crippen molar-refractivity contribution in [3.05, 3.63) is 12.2 Å². The third kappa shape index (κ3) is 3.70. The van der Waals surface area contributed by atoms with Crippen LogP contribution < -0.4 is 0 Å². The smallest absolute Gasteiger partial charge is 0.281 e. The molecule has 0 radical (unpaired) electrons. The molecule has 0 amide bonds. The summed E-state index contributed by atoms with van der Waals surface area (Å²) < 4.78 is 137. The van der Waals surface area contributed by atoms with E-state index in [2.05, 4.69) is 4.74 Å². The maximum atomic E-state index is 13.6. The molecular formula is C13H14F8O4S. The molecule has 0 heterocycles. The van der Waals surface area contributed by atoms with Crippen molar-refractivity contribution in [1.82, 2.24) is 0 Å². The van der Waals surface area contributed by atoms with Gasteiger partial charge in [0.05, 0.1) is 0 Å². The summed E-state index contributed by atoms with van der Waals surface area (Å²) in [5.74, 6) is -5.62. The number of fused-ring (bicyclic) bond motifs is 2. The van der Waals surface area contributed by atoms with E-state index in [1.54, 1.807) is 6.08 Å². The zero-order chi connectivity index (χ0) is 20.2. The maximum Gasteiger partial charge on any atom is 0.460 e. The van der Waals surface area contributed by atoms with Crippen LogP contribution in [0.2, 0.25) is 0 Å². The van der Waals surface area contributed by atoms with Gasteiger partial charge in [0.15, 0.2) is 0 Å². The van der Waals surface area contributed by atoms with Gasteiger partial charge in [0, 0.05) is 6.42 Å². The lowest BCUT2D eigenvalue weighted by Gasteiger charge is -2.32. The van der Waals surface area contributed by atoms with Crippen LogP contribution in [0.1, 0.15) is 25.7 Å². The Labute approximate surface area is 142 Å². The zero-order valence-corrected chi connectivity index (χ0v) is 13.6. The van der Waals surface area contributed by atoms with E-state index in [9.17, 15) is 43.5 Å². The molecule has 2 aliphatic rings. The van der Waals surface area contributed by atoms with Crippen LogP contribution in [0.3, 0.4) is 0 Å². The van der Waals surface area contributed by atoms with Crippen LogP contribution in [0.5, 0.6) is 0 Å². The van der Waals surface area contributed by atoms with Gasteiger partial charge in [0.1, 0.15) is 0 Å². The van der Waals surface area contributed by atoms with E-state index in [1.165, 1.54) is 0 Å². The molecule has 1 saturated carbocycles. The first-order chi connectivity index (χ1) is 11.5. The molecule has 4 nitrogen and oxygen atoms in total. The normalized spacial score (nSPS) is 27.3. The molecule has 0 aliphatic heterocycles. The van der Waals surface area contributed by atoms with Crippen molar-refractivity contribution >= 4 is 10.1 Å². The Morgan fingerprint density at radius 1 is 0.962 bits per heavy atom. The number of ether oxygens (including phenoxy) is 1. The first-order valence-corrected chi connectivity index (χ1v) is 8.81. The van der Waals surface area contributed by atoms with Gasteiger partial charge in [-0.15, -0.1) is 0 Å². The van der Waals surface area contributed by atoms with Crippen molar-refractivity contribution in [2.45, 2.75) is 49.1 Å². The lowest BCUT2D eigenvalue weighted by molar-refractivity contribution is -0.456. The van der Waals surface area contributed by atoms with Gasteiger partial charge in [-0.2, -0.15) is 43.5 Å².